The highest BCUT2D eigenvalue weighted by Crippen LogP contribution is 2.25. The lowest BCUT2D eigenvalue weighted by atomic mass is 9.96. The van der Waals surface area contributed by atoms with E-state index >= 15 is 0 Å². The second-order valence-corrected chi connectivity index (χ2v) is 6.11. The van der Waals surface area contributed by atoms with Crippen LogP contribution in [0.25, 0.3) is 20.9 Å². The smallest absolute Gasteiger partial charge is 0.126 e. The predicted molar refractivity (Wildman–Crippen MR) is 103 cm³/mol. The third kappa shape index (κ3) is 8.56. The molecule has 28 heavy (non-hydrogen) atoms. The van der Waals surface area contributed by atoms with E-state index in [9.17, 15) is 0 Å². The number of hydrogen-bond acceptors (Lipinski definition) is 6. The van der Waals surface area contributed by atoms with Crippen LogP contribution in [0.5, 0.6) is 0 Å². The van der Waals surface area contributed by atoms with Crippen LogP contribution in [0.3, 0.4) is 0 Å². The van der Waals surface area contributed by atoms with E-state index in [1.807, 2.05) is 6.92 Å². The first-order valence-electron chi connectivity index (χ1n) is 8.74. The van der Waals surface area contributed by atoms with Crippen LogP contribution in [0.2, 0.25) is 0 Å². The summed E-state index contributed by atoms with van der Waals surface area (Å²) in [4.78, 5) is 5.25. The number of rotatable bonds is 8. The van der Waals surface area contributed by atoms with Crippen molar-refractivity contribution in [3.8, 4) is 24.7 Å². The molecule has 148 valence electrons. The molecule has 10 nitrogen and oxygen atoms in total. The molecule has 0 amide bonds. The molecule has 2 aliphatic heterocycles. The quantitative estimate of drug-likeness (QED) is 0.208. The van der Waals surface area contributed by atoms with Crippen molar-refractivity contribution in [1.82, 2.24) is 0 Å². The average Bonchev–Trinajstić information content (AvgIpc) is 3.21. The van der Waals surface area contributed by atoms with Crippen LogP contribution < -0.4 is 0 Å². The molecule has 6 unspecified atom stereocenters. The largest absolute Gasteiger partial charge is 0.382 e. The molecule has 2 radical (unpaired) electrons. The number of ether oxygens (including phenoxy) is 4. The molecule has 6 atom stereocenters. The van der Waals surface area contributed by atoms with Gasteiger partial charge in [-0.1, -0.05) is 16.1 Å². The topological polar surface area (TPSA) is 134 Å². The third-order valence-electron chi connectivity index (χ3n) is 4.05. The fourth-order valence-electron chi connectivity index (χ4n) is 2.90. The molecule has 2 aliphatic rings. The number of azide groups is 2. The summed E-state index contributed by atoms with van der Waals surface area (Å²) in [6.07, 6.45) is 11.8. The zero-order chi connectivity index (χ0) is 20.8. The van der Waals surface area contributed by atoms with Gasteiger partial charge in [-0.15, -0.1) is 18.8 Å². The number of hydrogen-bond donors (Lipinski definition) is 0. The van der Waals surface area contributed by atoms with Crippen LogP contribution >= 0.6 is 0 Å². The summed E-state index contributed by atoms with van der Waals surface area (Å²) in [5.41, 5.74) is 16.2. The molecular formula is C17H23BN6O4. The van der Waals surface area contributed by atoms with Crippen molar-refractivity contribution < 1.29 is 18.9 Å². The Morgan fingerprint density at radius 1 is 1.07 bits per heavy atom. The molecule has 0 bridgehead atoms. The predicted octanol–water partition coefficient (Wildman–Crippen LogP) is 2.44. The average molecular weight is 386 g/mol. The van der Waals surface area contributed by atoms with Crippen molar-refractivity contribution in [3.05, 3.63) is 20.9 Å². The molecule has 0 aromatic heterocycles. The van der Waals surface area contributed by atoms with Crippen LogP contribution in [-0.2, 0) is 18.9 Å². The van der Waals surface area contributed by atoms with Crippen molar-refractivity contribution >= 4 is 7.85 Å². The van der Waals surface area contributed by atoms with Crippen LogP contribution in [0, 0.1) is 24.7 Å². The standard InChI is InChI=1S/C9H13N3O2.C8H10BN3O2/c1-3-4-8-9(5-7(2)14-8)13-6-11-12-10;1-2-3-13-6-4-8(9)14-7(6)5-11-12-10/h1,7-9H,4-6H2,2H3;1,6-8H,3-5H2. The van der Waals surface area contributed by atoms with Crippen molar-refractivity contribution in [2.75, 3.05) is 19.9 Å². The van der Waals surface area contributed by atoms with E-state index < -0.39 is 0 Å². The first-order chi connectivity index (χ1) is 13.5. The Morgan fingerprint density at radius 2 is 1.79 bits per heavy atom. The Kier molecular flexibility index (Phi) is 11.6. The van der Waals surface area contributed by atoms with Crippen molar-refractivity contribution in [2.45, 2.75) is 62.7 Å². The van der Waals surface area contributed by atoms with Gasteiger partial charge in [-0.3, -0.25) is 0 Å². The Balaban J connectivity index is 0.000000280. The third-order valence-corrected chi connectivity index (χ3v) is 4.05. The molecule has 0 aliphatic carbocycles. The lowest BCUT2D eigenvalue weighted by Crippen LogP contribution is -2.27. The van der Waals surface area contributed by atoms with E-state index in [4.69, 9.17) is 50.7 Å². The molecule has 0 saturated carbocycles. The molecule has 11 heteroatoms. The Bertz CT molecular complexity index is 653. The van der Waals surface area contributed by atoms with Crippen molar-refractivity contribution in [1.29, 1.82) is 0 Å². The lowest BCUT2D eigenvalue weighted by molar-refractivity contribution is -0.0147. The molecule has 0 N–H and O–H groups in total. The second kappa shape index (κ2) is 13.8. The Morgan fingerprint density at radius 3 is 2.43 bits per heavy atom. The minimum Gasteiger partial charge on any atom is -0.382 e. The Labute approximate surface area is 165 Å². The van der Waals surface area contributed by atoms with E-state index in [-0.39, 0.29) is 56.4 Å². The Hall–Kier alpha value is -2.36. The highest BCUT2D eigenvalue weighted by Gasteiger charge is 2.33. The van der Waals surface area contributed by atoms with Crippen molar-refractivity contribution in [3.63, 3.8) is 0 Å². The molecule has 0 aromatic rings. The van der Waals surface area contributed by atoms with Gasteiger partial charge in [-0.25, -0.2) is 0 Å². The van der Waals surface area contributed by atoms with Crippen molar-refractivity contribution in [2.24, 2.45) is 10.2 Å². The van der Waals surface area contributed by atoms with Gasteiger partial charge in [0, 0.05) is 28.7 Å². The number of terminal acetylenes is 2. The molecule has 2 rings (SSSR count). The molecule has 0 spiro atoms. The maximum atomic E-state index is 8.15. The monoisotopic (exact) mass is 386 g/mol. The zero-order valence-corrected chi connectivity index (χ0v) is 15.8. The molecule has 2 saturated heterocycles. The maximum Gasteiger partial charge on any atom is 0.126 e. The summed E-state index contributed by atoms with van der Waals surface area (Å²) in [6.45, 7) is 2.45. The minimum absolute atomic E-state index is 0.0400. The van der Waals surface area contributed by atoms with Gasteiger partial charge in [0.25, 0.3) is 0 Å². The van der Waals surface area contributed by atoms with Crippen LogP contribution in [0.15, 0.2) is 10.2 Å². The second-order valence-electron chi connectivity index (χ2n) is 6.11. The summed E-state index contributed by atoms with van der Waals surface area (Å²) < 4.78 is 21.5. The first-order valence-corrected chi connectivity index (χ1v) is 8.74. The van der Waals surface area contributed by atoms with Gasteiger partial charge in [0.05, 0.1) is 37.1 Å². The van der Waals surface area contributed by atoms with Gasteiger partial charge in [0.15, 0.2) is 0 Å². The minimum atomic E-state index is -0.364. The normalized spacial score (nSPS) is 30.7. The maximum absolute atomic E-state index is 8.15. The SMILES string of the molecule is C#CCC1OC(C)CC1OCN=[N+]=[N-].[B]C1CC(OCC#C)C(CN=[N+]=[N-])O1. The van der Waals surface area contributed by atoms with Crippen LogP contribution in [0.4, 0.5) is 0 Å². The van der Waals surface area contributed by atoms with E-state index in [0.29, 0.717) is 12.8 Å². The van der Waals surface area contributed by atoms with E-state index in [0.717, 1.165) is 6.42 Å². The number of nitrogens with zero attached hydrogens (tertiary/aromatic N) is 6. The summed E-state index contributed by atoms with van der Waals surface area (Å²) in [7, 11) is 5.57. The van der Waals surface area contributed by atoms with E-state index in [1.165, 1.54) is 0 Å². The molecular weight excluding hydrogens is 363 g/mol. The highest BCUT2D eigenvalue weighted by molar-refractivity contribution is 6.11. The lowest BCUT2D eigenvalue weighted by Gasteiger charge is -2.15. The van der Waals surface area contributed by atoms with Crippen LogP contribution in [0.1, 0.15) is 26.2 Å². The molecule has 2 fully saturated rings. The fraction of sp³-hybridized carbons (Fsp3) is 0.765. The van der Waals surface area contributed by atoms with Gasteiger partial charge < -0.3 is 18.9 Å². The fourth-order valence-corrected chi connectivity index (χ4v) is 2.90. The van der Waals surface area contributed by atoms with Gasteiger partial charge in [-0.05, 0) is 24.4 Å². The summed E-state index contributed by atoms with van der Waals surface area (Å²) in [5.74, 6) is 4.91. The summed E-state index contributed by atoms with van der Waals surface area (Å²) >= 11 is 0. The summed E-state index contributed by atoms with van der Waals surface area (Å²) in [6, 6.07) is -0.364. The molecule has 0 aromatic carbocycles. The van der Waals surface area contributed by atoms with E-state index in [1.54, 1.807) is 0 Å². The van der Waals surface area contributed by atoms with Gasteiger partial charge in [-0.2, -0.15) is 0 Å². The first kappa shape index (κ1) is 23.7. The van der Waals surface area contributed by atoms with Gasteiger partial charge in [0.2, 0.25) is 0 Å². The van der Waals surface area contributed by atoms with Gasteiger partial charge in [0.1, 0.15) is 21.2 Å². The van der Waals surface area contributed by atoms with Gasteiger partial charge >= 0.3 is 0 Å². The highest BCUT2D eigenvalue weighted by atomic mass is 16.6. The summed E-state index contributed by atoms with van der Waals surface area (Å²) in [5, 5.41) is 6.72. The molecule has 2 heterocycles. The zero-order valence-electron chi connectivity index (χ0n) is 15.8. The van der Waals surface area contributed by atoms with E-state index in [2.05, 4.69) is 31.9 Å². The van der Waals surface area contributed by atoms with Crippen LogP contribution in [-0.4, -0.2) is 64.3 Å².